The number of nitro benzene ring substituents is 1. The average Bonchev–Trinajstić information content (AvgIpc) is 2.52. The number of hydrogen-bond acceptors (Lipinski definition) is 3. The first-order valence-electron chi connectivity index (χ1n) is 4.73. The van der Waals surface area contributed by atoms with Crippen LogP contribution in [0.5, 0.6) is 0 Å². The third kappa shape index (κ3) is 1.36. The van der Waals surface area contributed by atoms with E-state index in [0.29, 0.717) is 12.1 Å². The molecule has 1 aliphatic heterocycles. The summed E-state index contributed by atoms with van der Waals surface area (Å²) in [5, 5.41) is 13.3. The number of amides is 1. The third-order valence-corrected chi connectivity index (χ3v) is 2.62. The van der Waals surface area contributed by atoms with Crippen LogP contribution < -0.4 is 5.32 Å². The number of nitrogens with zero attached hydrogens (tertiary/aromatic N) is 1. The summed E-state index contributed by atoms with van der Waals surface area (Å²) in [6, 6.07) is 4.77. The molecule has 15 heavy (non-hydrogen) atoms. The van der Waals surface area contributed by atoms with Crippen LogP contribution in [0.25, 0.3) is 0 Å². The minimum Gasteiger partial charge on any atom is -0.320 e. The van der Waals surface area contributed by atoms with Gasteiger partial charge < -0.3 is 5.32 Å². The Morgan fingerprint density at radius 2 is 2.27 bits per heavy atom. The minimum absolute atomic E-state index is 0.0307. The van der Waals surface area contributed by atoms with Gasteiger partial charge in [0, 0.05) is 6.07 Å². The summed E-state index contributed by atoms with van der Waals surface area (Å²) in [6.07, 6.45) is 0.653. The van der Waals surface area contributed by atoms with Gasteiger partial charge in [-0.05, 0) is 12.0 Å². The van der Waals surface area contributed by atoms with Gasteiger partial charge in [-0.25, -0.2) is 0 Å². The fourth-order valence-corrected chi connectivity index (χ4v) is 1.89. The second kappa shape index (κ2) is 3.34. The van der Waals surface area contributed by atoms with Crippen LogP contribution in [-0.2, 0) is 4.79 Å². The molecule has 1 N–H and O–H groups in total. The molecule has 0 bridgehead atoms. The quantitative estimate of drug-likeness (QED) is 0.594. The van der Waals surface area contributed by atoms with Crippen LogP contribution in [0.3, 0.4) is 0 Å². The van der Waals surface area contributed by atoms with E-state index in [9.17, 15) is 14.9 Å². The summed E-state index contributed by atoms with van der Waals surface area (Å²) < 4.78 is 0. The molecule has 0 aliphatic carbocycles. The molecule has 0 fully saturated rings. The Labute approximate surface area is 86.2 Å². The van der Waals surface area contributed by atoms with Crippen LogP contribution >= 0.6 is 0 Å². The molecule has 0 radical (unpaired) electrons. The number of hydrogen-bond donors (Lipinski definition) is 1. The molecule has 0 aromatic heterocycles. The fraction of sp³-hybridized carbons (Fsp3) is 0.300. The van der Waals surface area contributed by atoms with Gasteiger partial charge in [-0.15, -0.1) is 0 Å². The van der Waals surface area contributed by atoms with Gasteiger partial charge in [0.15, 0.2) is 0 Å². The van der Waals surface area contributed by atoms with E-state index in [1.54, 1.807) is 12.1 Å². The number of rotatable bonds is 2. The average molecular weight is 206 g/mol. The van der Waals surface area contributed by atoms with Crippen molar-refractivity contribution in [1.82, 2.24) is 0 Å². The van der Waals surface area contributed by atoms with Crippen LogP contribution in [0.2, 0.25) is 0 Å². The molecule has 0 saturated heterocycles. The first kappa shape index (κ1) is 9.64. The molecule has 1 amide bonds. The summed E-state index contributed by atoms with van der Waals surface area (Å²) in [4.78, 5) is 21.7. The number of benzene rings is 1. The second-order valence-electron chi connectivity index (χ2n) is 3.45. The highest BCUT2D eigenvalue weighted by Crippen LogP contribution is 2.40. The van der Waals surface area contributed by atoms with Crippen molar-refractivity contribution in [3.8, 4) is 0 Å². The number of fused-ring (bicyclic) bond motifs is 1. The van der Waals surface area contributed by atoms with E-state index in [1.165, 1.54) is 6.07 Å². The molecule has 5 nitrogen and oxygen atoms in total. The molecule has 1 aromatic rings. The summed E-state index contributed by atoms with van der Waals surface area (Å²) in [5.74, 6) is -0.401. The Morgan fingerprint density at radius 1 is 1.53 bits per heavy atom. The van der Waals surface area contributed by atoms with E-state index in [-0.39, 0.29) is 17.5 Å². The maximum atomic E-state index is 11.5. The Morgan fingerprint density at radius 3 is 2.87 bits per heavy atom. The lowest BCUT2D eigenvalue weighted by molar-refractivity contribution is -0.383. The van der Waals surface area contributed by atoms with E-state index >= 15 is 0 Å². The van der Waals surface area contributed by atoms with Gasteiger partial charge in [0.25, 0.3) is 5.69 Å². The highest BCUT2D eigenvalue weighted by Gasteiger charge is 2.33. The number of anilines is 1. The van der Waals surface area contributed by atoms with E-state index in [4.69, 9.17) is 0 Å². The summed E-state index contributed by atoms with van der Waals surface area (Å²) in [7, 11) is 0. The molecule has 0 spiro atoms. The fourth-order valence-electron chi connectivity index (χ4n) is 1.89. The van der Waals surface area contributed by atoms with Gasteiger partial charge >= 0.3 is 0 Å². The van der Waals surface area contributed by atoms with Gasteiger partial charge in [0.05, 0.1) is 10.8 Å². The Balaban J connectivity index is 2.57. The lowest BCUT2D eigenvalue weighted by Crippen LogP contribution is -2.10. The highest BCUT2D eigenvalue weighted by atomic mass is 16.6. The molecule has 1 unspecified atom stereocenters. The van der Waals surface area contributed by atoms with E-state index in [0.717, 1.165) is 5.56 Å². The second-order valence-corrected chi connectivity index (χ2v) is 3.45. The predicted octanol–water partition coefficient (Wildman–Crippen LogP) is 2.04. The first-order valence-corrected chi connectivity index (χ1v) is 4.73. The molecule has 1 aliphatic rings. The Hall–Kier alpha value is -1.91. The standard InChI is InChI=1S/C10H10N2O3/c1-2-6-7-4-3-5-8(12(14)15)9(7)11-10(6)13/h3-6H,2H2,1H3,(H,11,13). The third-order valence-electron chi connectivity index (χ3n) is 2.62. The van der Waals surface area contributed by atoms with Gasteiger partial charge in [0.2, 0.25) is 5.91 Å². The SMILES string of the molecule is CCC1C(=O)Nc2c1cccc2[N+](=O)[O-]. The van der Waals surface area contributed by atoms with Crippen molar-refractivity contribution in [2.45, 2.75) is 19.3 Å². The zero-order valence-electron chi connectivity index (χ0n) is 8.19. The molecule has 2 rings (SSSR count). The normalized spacial score (nSPS) is 18.5. The molecule has 1 atom stereocenters. The van der Waals surface area contributed by atoms with Crippen LogP contribution in [0.15, 0.2) is 18.2 Å². The van der Waals surface area contributed by atoms with Crippen molar-refractivity contribution in [1.29, 1.82) is 0 Å². The summed E-state index contributed by atoms with van der Waals surface area (Å²) in [5.41, 5.74) is 1.06. The molecule has 78 valence electrons. The van der Waals surface area contributed by atoms with Crippen molar-refractivity contribution in [3.63, 3.8) is 0 Å². The molecule has 5 heteroatoms. The smallest absolute Gasteiger partial charge is 0.293 e. The van der Waals surface area contributed by atoms with E-state index in [2.05, 4.69) is 5.32 Å². The number of carbonyl (C=O) groups excluding carboxylic acids is 1. The van der Waals surface area contributed by atoms with Gasteiger partial charge in [0.1, 0.15) is 5.69 Å². The van der Waals surface area contributed by atoms with Crippen molar-refractivity contribution in [2.75, 3.05) is 5.32 Å². The summed E-state index contributed by atoms with van der Waals surface area (Å²) in [6.45, 7) is 1.89. The number of carbonyl (C=O) groups is 1. The topological polar surface area (TPSA) is 72.2 Å². The van der Waals surface area contributed by atoms with Crippen molar-refractivity contribution < 1.29 is 9.72 Å². The monoisotopic (exact) mass is 206 g/mol. The van der Waals surface area contributed by atoms with Crippen LogP contribution in [0.1, 0.15) is 24.8 Å². The van der Waals surface area contributed by atoms with Crippen LogP contribution in [0, 0.1) is 10.1 Å². The zero-order chi connectivity index (χ0) is 11.0. The van der Waals surface area contributed by atoms with E-state index in [1.807, 2.05) is 6.92 Å². The molecule has 0 saturated carbocycles. The van der Waals surface area contributed by atoms with Crippen molar-refractivity contribution >= 4 is 17.3 Å². The maximum absolute atomic E-state index is 11.5. The molecular weight excluding hydrogens is 196 g/mol. The van der Waals surface area contributed by atoms with Crippen molar-refractivity contribution in [2.24, 2.45) is 0 Å². The van der Waals surface area contributed by atoms with Crippen LogP contribution in [0.4, 0.5) is 11.4 Å². The van der Waals surface area contributed by atoms with Gasteiger partial charge in [-0.2, -0.15) is 0 Å². The maximum Gasteiger partial charge on any atom is 0.293 e. The van der Waals surface area contributed by atoms with Crippen molar-refractivity contribution in [3.05, 3.63) is 33.9 Å². The minimum atomic E-state index is -0.475. The lowest BCUT2D eigenvalue weighted by atomic mass is 9.98. The van der Waals surface area contributed by atoms with Crippen LogP contribution in [-0.4, -0.2) is 10.8 Å². The molecule has 1 aromatic carbocycles. The number of nitrogens with one attached hydrogen (secondary N) is 1. The summed E-state index contributed by atoms with van der Waals surface area (Å²) >= 11 is 0. The largest absolute Gasteiger partial charge is 0.320 e. The van der Waals surface area contributed by atoms with Gasteiger partial charge in [-0.3, -0.25) is 14.9 Å². The number of para-hydroxylation sites is 1. The zero-order valence-corrected chi connectivity index (χ0v) is 8.19. The highest BCUT2D eigenvalue weighted by molar-refractivity contribution is 6.05. The lowest BCUT2D eigenvalue weighted by Gasteiger charge is -2.03. The van der Waals surface area contributed by atoms with Gasteiger partial charge in [-0.1, -0.05) is 19.1 Å². The molecular formula is C10H10N2O3. The Bertz CT molecular complexity index is 442. The molecule has 1 heterocycles. The van der Waals surface area contributed by atoms with E-state index < -0.39 is 4.92 Å². The predicted molar refractivity (Wildman–Crippen MR) is 54.8 cm³/mol. The first-order chi connectivity index (χ1) is 7.15. The Kier molecular flexibility index (Phi) is 2.15. The number of nitro groups is 1.